The normalized spacial score (nSPS) is 30.8. The van der Waals surface area contributed by atoms with E-state index in [0.717, 1.165) is 6.42 Å². The number of nitro groups is 1. The van der Waals surface area contributed by atoms with E-state index in [1.807, 2.05) is 6.92 Å². The van der Waals surface area contributed by atoms with Crippen molar-refractivity contribution in [1.29, 1.82) is 0 Å². The van der Waals surface area contributed by atoms with Crippen LogP contribution < -0.4 is 5.32 Å². The number of hydrogen-bond acceptors (Lipinski definition) is 10. The second-order valence-electron chi connectivity index (χ2n) is 7.02. The molecule has 162 valence electrons. The van der Waals surface area contributed by atoms with E-state index in [0.29, 0.717) is 5.75 Å². The lowest BCUT2D eigenvalue weighted by Gasteiger charge is -2.24. The van der Waals surface area contributed by atoms with Crippen molar-refractivity contribution >= 4 is 34.9 Å². The average molecular weight is 453 g/mol. The number of nitrogens with one attached hydrogen (secondary N) is 1. The predicted octanol–water partition coefficient (Wildman–Crippen LogP) is 2.62. The molecule has 2 N–H and O–H groups in total. The van der Waals surface area contributed by atoms with Crippen molar-refractivity contribution in [2.45, 2.75) is 68.9 Å². The number of aromatic nitrogens is 2. The van der Waals surface area contributed by atoms with E-state index in [1.165, 1.54) is 11.8 Å². The molecular formula is C17H25ClN4O6S. The van der Waals surface area contributed by atoms with E-state index in [-0.39, 0.29) is 22.5 Å². The van der Waals surface area contributed by atoms with E-state index in [9.17, 15) is 15.2 Å². The molecule has 0 aromatic carbocycles. The standard InChI is InChI=1S/C17H25ClN4O6S/c1-4-7-29-16-20-14(18)11(22(24)25)15(21-16)19-9-8-10(26-6-5-23)13-12(9)27-17(2,3)28-13/h9-10,12-13,23H,4-8H2,1-3H3,(H,19,20,21)/t9-,10+,12+,13-/m1/s1/i5D2,6D2. The van der Waals surface area contributed by atoms with Crippen LogP contribution >= 0.6 is 23.4 Å². The van der Waals surface area contributed by atoms with Crippen LogP contribution in [-0.4, -0.2) is 69.0 Å². The third-order valence-electron chi connectivity index (χ3n) is 4.43. The van der Waals surface area contributed by atoms with Gasteiger partial charge in [-0.05, 0) is 26.7 Å². The van der Waals surface area contributed by atoms with Crippen LogP contribution in [0.5, 0.6) is 0 Å². The first-order valence-electron chi connectivity index (χ1n) is 11.0. The molecule has 0 unspecified atom stereocenters. The van der Waals surface area contributed by atoms with E-state index in [2.05, 4.69) is 15.3 Å². The summed E-state index contributed by atoms with van der Waals surface area (Å²) in [4.78, 5) is 19.2. The number of nitrogens with zero attached hydrogens (tertiary/aromatic N) is 3. The Morgan fingerprint density at radius 3 is 2.86 bits per heavy atom. The molecule has 3 rings (SSSR count). The first-order valence-corrected chi connectivity index (χ1v) is 10.4. The number of aliphatic hydroxyl groups is 1. The molecule has 1 saturated heterocycles. The molecule has 1 aliphatic carbocycles. The van der Waals surface area contributed by atoms with E-state index < -0.39 is 53.9 Å². The van der Waals surface area contributed by atoms with Gasteiger partial charge in [-0.15, -0.1) is 0 Å². The topological polar surface area (TPSA) is 129 Å². The van der Waals surface area contributed by atoms with Crippen LogP contribution in [0.15, 0.2) is 5.16 Å². The minimum absolute atomic E-state index is 0.0250. The molecule has 29 heavy (non-hydrogen) atoms. The van der Waals surface area contributed by atoms with Crippen LogP contribution in [0.2, 0.25) is 5.15 Å². The first kappa shape index (κ1) is 17.4. The van der Waals surface area contributed by atoms with Crippen molar-refractivity contribution in [3.05, 3.63) is 15.3 Å². The van der Waals surface area contributed by atoms with Gasteiger partial charge in [0.25, 0.3) is 0 Å². The molecule has 0 bridgehead atoms. The maximum Gasteiger partial charge on any atom is 0.348 e. The molecule has 4 atom stereocenters. The Kier molecular flexibility index (Phi) is 5.58. The van der Waals surface area contributed by atoms with Crippen molar-refractivity contribution in [3.8, 4) is 0 Å². The Morgan fingerprint density at radius 2 is 2.21 bits per heavy atom. The summed E-state index contributed by atoms with van der Waals surface area (Å²) in [6.07, 6.45) is -1.74. The SMILES string of the molecule is [2H]C([2H])(O)C([2H])([2H])O[C@H]1C[C@@H](Nc2nc(SCCC)nc(Cl)c2[N+](=O)[O-])[C@@H]2OC(C)(C)O[C@@H]21. The fraction of sp³-hybridized carbons (Fsp3) is 0.765. The third kappa shape index (κ3) is 5.09. The Hall–Kier alpha value is -1.24. The smallest absolute Gasteiger partial charge is 0.348 e. The molecule has 0 spiro atoms. The second kappa shape index (κ2) is 9.27. The highest BCUT2D eigenvalue weighted by Crippen LogP contribution is 2.42. The quantitative estimate of drug-likeness (QED) is 0.189. The van der Waals surface area contributed by atoms with Crippen LogP contribution in [0.1, 0.15) is 39.1 Å². The molecule has 2 heterocycles. The zero-order valence-corrected chi connectivity index (χ0v) is 17.6. The maximum absolute atomic E-state index is 11.6. The lowest BCUT2D eigenvalue weighted by atomic mass is 10.2. The summed E-state index contributed by atoms with van der Waals surface area (Å²) in [5.74, 6) is -0.516. The van der Waals surface area contributed by atoms with Gasteiger partial charge in [0.1, 0.15) is 12.2 Å². The zero-order chi connectivity index (χ0) is 24.8. The molecular weight excluding hydrogens is 424 g/mol. The number of fused-ring (bicyclic) bond motifs is 1. The van der Waals surface area contributed by atoms with E-state index in [1.54, 1.807) is 13.8 Å². The highest BCUT2D eigenvalue weighted by molar-refractivity contribution is 7.99. The number of ether oxygens (including phenoxy) is 3. The zero-order valence-electron chi connectivity index (χ0n) is 20.0. The fourth-order valence-electron chi connectivity index (χ4n) is 3.40. The highest BCUT2D eigenvalue weighted by Gasteiger charge is 2.55. The van der Waals surface area contributed by atoms with Gasteiger partial charge in [0.15, 0.2) is 10.9 Å². The molecule has 0 amide bonds. The maximum atomic E-state index is 11.6. The molecule has 1 aliphatic heterocycles. The molecule has 1 aromatic rings. The fourth-order valence-corrected chi connectivity index (χ4v) is 4.38. The molecule has 1 aromatic heterocycles. The highest BCUT2D eigenvalue weighted by atomic mass is 35.5. The summed E-state index contributed by atoms with van der Waals surface area (Å²) in [6, 6.07) is -0.684. The van der Waals surface area contributed by atoms with Crippen molar-refractivity contribution in [1.82, 2.24) is 9.97 Å². The van der Waals surface area contributed by atoms with Crippen LogP contribution in [-0.2, 0) is 14.2 Å². The van der Waals surface area contributed by atoms with E-state index >= 15 is 0 Å². The van der Waals surface area contributed by atoms with Gasteiger partial charge in [0.05, 0.1) is 35.7 Å². The molecule has 0 radical (unpaired) electrons. The van der Waals surface area contributed by atoms with Gasteiger partial charge in [0, 0.05) is 5.75 Å². The van der Waals surface area contributed by atoms with Gasteiger partial charge in [-0.25, -0.2) is 4.98 Å². The van der Waals surface area contributed by atoms with Crippen molar-refractivity contribution < 1.29 is 29.7 Å². The molecule has 12 heteroatoms. The largest absolute Gasteiger partial charge is 0.394 e. The minimum atomic E-state index is -3.27. The molecule has 1 saturated carbocycles. The summed E-state index contributed by atoms with van der Waals surface area (Å²) in [5.41, 5.74) is -0.515. The third-order valence-corrected chi connectivity index (χ3v) is 5.75. The number of halogens is 1. The summed E-state index contributed by atoms with van der Waals surface area (Å²) >= 11 is 7.36. The first-order chi connectivity index (χ1) is 15.1. The van der Waals surface area contributed by atoms with Crippen LogP contribution in [0, 0.1) is 10.1 Å². The summed E-state index contributed by atoms with van der Waals surface area (Å²) < 4.78 is 47.2. The van der Waals surface area contributed by atoms with Gasteiger partial charge in [-0.3, -0.25) is 10.1 Å². The summed E-state index contributed by atoms with van der Waals surface area (Å²) in [6.45, 7) is -1.06. The minimum Gasteiger partial charge on any atom is -0.394 e. The average Bonchev–Trinajstić information content (AvgIpc) is 3.12. The molecule has 2 fully saturated rings. The molecule has 2 aliphatic rings. The monoisotopic (exact) mass is 452 g/mol. The van der Waals surface area contributed by atoms with E-state index in [4.69, 9.17) is 31.3 Å². The van der Waals surface area contributed by atoms with Crippen molar-refractivity contribution in [2.24, 2.45) is 0 Å². The number of thioether (sulfide) groups is 1. The van der Waals surface area contributed by atoms with Gasteiger partial charge < -0.3 is 24.6 Å². The van der Waals surface area contributed by atoms with Crippen LogP contribution in [0.3, 0.4) is 0 Å². The lowest BCUT2D eigenvalue weighted by Crippen LogP contribution is -2.35. The Balaban J connectivity index is 1.91. The number of anilines is 1. The van der Waals surface area contributed by atoms with Gasteiger partial charge in [-0.2, -0.15) is 4.98 Å². The van der Waals surface area contributed by atoms with Crippen molar-refractivity contribution in [2.75, 3.05) is 24.2 Å². The second-order valence-corrected chi connectivity index (χ2v) is 8.44. The summed E-state index contributed by atoms with van der Waals surface area (Å²) in [7, 11) is 0. The van der Waals surface area contributed by atoms with Gasteiger partial charge in [-0.1, -0.05) is 30.3 Å². The lowest BCUT2D eigenvalue weighted by molar-refractivity contribution is -0.384. The molecule has 10 nitrogen and oxygen atoms in total. The van der Waals surface area contributed by atoms with Crippen LogP contribution in [0.4, 0.5) is 11.5 Å². The predicted molar refractivity (Wildman–Crippen MR) is 107 cm³/mol. The van der Waals surface area contributed by atoms with Gasteiger partial charge in [0.2, 0.25) is 11.0 Å². The Labute approximate surface area is 183 Å². The Bertz CT molecular complexity index is 909. The van der Waals surface area contributed by atoms with Gasteiger partial charge >= 0.3 is 5.69 Å². The van der Waals surface area contributed by atoms with Crippen LogP contribution in [0.25, 0.3) is 0 Å². The number of hydrogen-bond donors (Lipinski definition) is 2. The Morgan fingerprint density at radius 1 is 1.48 bits per heavy atom. The van der Waals surface area contributed by atoms with Crippen molar-refractivity contribution in [3.63, 3.8) is 0 Å². The number of rotatable bonds is 9. The summed E-state index contributed by atoms with van der Waals surface area (Å²) in [5, 5.41) is 24.0.